The van der Waals surface area contributed by atoms with E-state index in [1.807, 2.05) is 5.38 Å². The van der Waals surface area contributed by atoms with Crippen molar-refractivity contribution in [1.82, 2.24) is 4.98 Å². The number of thiazole rings is 1. The topological polar surface area (TPSA) is 56.0 Å². The molecule has 0 aliphatic heterocycles. The van der Waals surface area contributed by atoms with Gasteiger partial charge in [-0.25, -0.2) is 4.98 Å². The summed E-state index contributed by atoms with van der Waals surface area (Å²) in [6, 6.07) is 0. The van der Waals surface area contributed by atoms with E-state index in [0.29, 0.717) is 6.42 Å². The Kier molecular flexibility index (Phi) is 2.33. The zero-order valence-electron chi connectivity index (χ0n) is 5.19. The van der Waals surface area contributed by atoms with E-state index < -0.39 is 0 Å². The fourth-order valence-corrected chi connectivity index (χ4v) is 1.17. The van der Waals surface area contributed by atoms with Gasteiger partial charge in [-0.3, -0.25) is 10.1 Å². The van der Waals surface area contributed by atoms with Gasteiger partial charge in [-0.2, -0.15) is 0 Å². The highest BCUT2D eigenvalue weighted by Crippen LogP contribution is 2.03. The van der Waals surface area contributed by atoms with Gasteiger partial charge in [-0.15, -0.1) is 11.3 Å². The lowest BCUT2D eigenvalue weighted by Crippen LogP contribution is -2.03. The van der Waals surface area contributed by atoms with Gasteiger partial charge >= 0.3 is 0 Å². The van der Waals surface area contributed by atoms with E-state index in [1.165, 1.54) is 11.3 Å². The molecule has 1 heterocycles. The van der Waals surface area contributed by atoms with Crippen LogP contribution in [0.3, 0.4) is 0 Å². The third-order valence-corrected chi connectivity index (χ3v) is 1.83. The van der Waals surface area contributed by atoms with Crippen molar-refractivity contribution in [2.24, 2.45) is 0 Å². The molecule has 0 N–H and O–H groups in total. The van der Waals surface area contributed by atoms with Gasteiger partial charge < -0.3 is 0 Å². The molecule has 5 heteroatoms. The van der Waals surface area contributed by atoms with Crippen LogP contribution in [0.25, 0.3) is 0 Å². The maximum absolute atomic E-state index is 9.88. The van der Waals surface area contributed by atoms with Crippen molar-refractivity contribution in [3.63, 3.8) is 0 Å². The minimum absolute atomic E-state index is 0.0203. The van der Waals surface area contributed by atoms with Crippen LogP contribution in [0, 0.1) is 10.1 Å². The molecule has 0 spiro atoms. The van der Waals surface area contributed by atoms with E-state index in [1.54, 1.807) is 6.20 Å². The van der Waals surface area contributed by atoms with Crippen LogP contribution in [0.1, 0.15) is 5.01 Å². The Bertz CT molecular complexity index is 209. The lowest BCUT2D eigenvalue weighted by atomic mass is 10.5. The minimum Gasteiger partial charge on any atom is -0.265 e. The second kappa shape index (κ2) is 3.26. The highest BCUT2D eigenvalue weighted by molar-refractivity contribution is 7.09. The molecule has 0 bridgehead atoms. The second-order valence-electron chi connectivity index (χ2n) is 1.73. The molecular weight excluding hydrogens is 152 g/mol. The molecule has 0 saturated carbocycles. The molecule has 1 rings (SSSR count). The van der Waals surface area contributed by atoms with Crippen molar-refractivity contribution in [2.75, 3.05) is 6.54 Å². The highest BCUT2D eigenvalue weighted by atomic mass is 32.1. The number of rotatable bonds is 3. The molecule has 10 heavy (non-hydrogen) atoms. The van der Waals surface area contributed by atoms with E-state index >= 15 is 0 Å². The van der Waals surface area contributed by atoms with Crippen LogP contribution in [0.15, 0.2) is 11.6 Å². The largest absolute Gasteiger partial charge is 0.265 e. The van der Waals surface area contributed by atoms with Gasteiger partial charge in [0, 0.05) is 16.5 Å². The number of hydrogen-bond acceptors (Lipinski definition) is 4. The Morgan fingerprint density at radius 3 is 3.10 bits per heavy atom. The first-order valence-corrected chi connectivity index (χ1v) is 3.67. The maximum Gasteiger partial charge on any atom is 0.210 e. The smallest absolute Gasteiger partial charge is 0.210 e. The van der Waals surface area contributed by atoms with Crippen LogP contribution < -0.4 is 0 Å². The molecule has 0 aliphatic rings. The summed E-state index contributed by atoms with van der Waals surface area (Å²) in [6.07, 6.45) is 2.10. The molecule has 4 nitrogen and oxygen atoms in total. The summed E-state index contributed by atoms with van der Waals surface area (Å²) >= 11 is 1.45. The van der Waals surface area contributed by atoms with Crippen molar-refractivity contribution < 1.29 is 4.92 Å². The van der Waals surface area contributed by atoms with Crippen molar-refractivity contribution in [3.05, 3.63) is 26.7 Å². The van der Waals surface area contributed by atoms with E-state index in [2.05, 4.69) is 4.98 Å². The van der Waals surface area contributed by atoms with Gasteiger partial charge in [0.05, 0.1) is 11.4 Å². The van der Waals surface area contributed by atoms with Crippen molar-refractivity contribution in [1.29, 1.82) is 0 Å². The van der Waals surface area contributed by atoms with E-state index in [-0.39, 0.29) is 11.5 Å². The molecule has 0 aliphatic carbocycles. The van der Waals surface area contributed by atoms with Gasteiger partial charge in [-0.05, 0) is 0 Å². The first kappa shape index (κ1) is 7.14. The summed E-state index contributed by atoms with van der Waals surface area (Å²) in [4.78, 5) is 13.4. The van der Waals surface area contributed by atoms with Gasteiger partial charge in [0.2, 0.25) is 6.54 Å². The number of aromatic nitrogens is 1. The Hall–Kier alpha value is -0.970. The van der Waals surface area contributed by atoms with Crippen LogP contribution in [-0.4, -0.2) is 16.5 Å². The Morgan fingerprint density at radius 2 is 2.60 bits per heavy atom. The van der Waals surface area contributed by atoms with Crippen LogP contribution in [0.2, 0.25) is 0 Å². The van der Waals surface area contributed by atoms with Crippen LogP contribution in [0.5, 0.6) is 0 Å². The average molecular weight is 158 g/mol. The Balaban J connectivity index is 2.35. The first-order valence-electron chi connectivity index (χ1n) is 2.79. The zero-order valence-corrected chi connectivity index (χ0v) is 6.00. The molecule has 1 aromatic heterocycles. The SMILES string of the molecule is O=[N+]([O-])CCc1nccs1. The molecule has 54 valence electrons. The molecule has 0 radical (unpaired) electrons. The fourth-order valence-electron chi connectivity index (χ4n) is 0.563. The average Bonchev–Trinajstić information content (AvgIpc) is 2.34. The maximum atomic E-state index is 9.88. The molecule has 0 saturated heterocycles. The normalized spacial score (nSPS) is 9.60. The van der Waals surface area contributed by atoms with Crippen molar-refractivity contribution in [2.45, 2.75) is 6.42 Å². The Morgan fingerprint density at radius 1 is 1.80 bits per heavy atom. The minimum atomic E-state index is -0.332. The summed E-state index contributed by atoms with van der Waals surface area (Å²) in [6.45, 7) is -0.0203. The summed E-state index contributed by atoms with van der Waals surface area (Å²) in [5.41, 5.74) is 0. The predicted molar refractivity (Wildman–Crippen MR) is 37.7 cm³/mol. The van der Waals surface area contributed by atoms with E-state index in [0.717, 1.165) is 5.01 Å². The van der Waals surface area contributed by atoms with E-state index in [4.69, 9.17) is 0 Å². The fraction of sp³-hybridized carbons (Fsp3) is 0.400. The quantitative estimate of drug-likeness (QED) is 0.486. The van der Waals surface area contributed by atoms with Crippen LogP contribution >= 0.6 is 11.3 Å². The zero-order chi connectivity index (χ0) is 7.40. The van der Waals surface area contributed by atoms with Gasteiger partial charge in [0.25, 0.3) is 0 Å². The summed E-state index contributed by atoms with van der Waals surface area (Å²) in [5.74, 6) is 0. The predicted octanol–water partition coefficient (Wildman–Crippen LogP) is 0.962. The number of nitrogens with zero attached hydrogens (tertiary/aromatic N) is 2. The third-order valence-electron chi connectivity index (χ3n) is 0.992. The first-order chi connectivity index (χ1) is 4.79. The second-order valence-corrected chi connectivity index (χ2v) is 2.71. The standard InChI is InChI=1S/C5H6N2O2S/c8-7(9)3-1-5-6-2-4-10-5/h2,4H,1,3H2. The molecule has 0 amide bonds. The molecule has 1 aromatic rings. The number of nitro groups is 1. The molecule has 0 aromatic carbocycles. The third kappa shape index (κ3) is 2.10. The summed E-state index contributed by atoms with van der Waals surface area (Å²) in [5, 5.41) is 12.5. The van der Waals surface area contributed by atoms with E-state index in [9.17, 15) is 10.1 Å². The highest BCUT2D eigenvalue weighted by Gasteiger charge is 2.00. The molecule has 0 atom stereocenters. The van der Waals surface area contributed by atoms with Crippen LogP contribution in [0.4, 0.5) is 0 Å². The summed E-state index contributed by atoms with van der Waals surface area (Å²) < 4.78 is 0. The van der Waals surface area contributed by atoms with Crippen LogP contribution in [-0.2, 0) is 6.42 Å². The van der Waals surface area contributed by atoms with Gasteiger partial charge in [0.1, 0.15) is 0 Å². The monoisotopic (exact) mass is 158 g/mol. The molecular formula is C5H6N2O2S. The molecule has 0 unspecified atom stereocenters. The van der Waals surface area contributed by atoms with Gasteiger partial charge in [-0.1, -0.05) is 0 Å². The molecule has 0 fully saturated rings. The number of hydrogen-bond donors (Lipinski definition) is 0. The lowest BCUT2D eigenvalue weighted by Gasteiger charge is -1.87. The van der Waals surface area contributed by atoms with Gasteiger partial charge in [0.15, 0.2) is 0 Å². The summed E-state index contributed by atoms with van der Waals surface area (Å²) in [7, 11) is 0. The van der Waals surface area contributed by atoms with Crippen molar-refractivity contribution >= 4 is 11.3 Å². The Labute approximate surface area is 61.7 Å². The van der Waals surface area contributed by atoms with Crippen molar-refractivity contribution in [3.8, 4) is 0 Å². The lowest BCUT2D eigenvalue weighted by molar-refractivity contribution is -0.479.